The van der Waals surface area contributed by atoms with Gasteiger partial charge in [0.1, 0.15) is 0 Å². The number of rotatable bonds is 2. The number of aliphatic hydroxyl groups excluding tert-OH is 2. The quantitative estimate of drug-likeness (QED) is 0.508. The molecule has 0 radical (unpaired) electrons. The number of carbonyl (C=O) groups is 2. The first-order chi connectivity index (χ1) is 7.00. The van der Waals surface area contributed by atoms with Gasteiger partial charge < -0.3 is 20.2 Å². The smallest absolute Gasteiger partial charge is 0.307 e. The van der Waals surface area contributed by atoms with Crippen molar-refractivity contribution in [2.75, 3.05) is 13.1 Å². The highest BCUT2D eigenvalue weighted by Crippen LogP contribution is 2.40. The van der Waals surface area contributed by atoms with E-state index < -0.39 is 30.0 Å². The molecule has 1 heterocycles. The normalized spacial score (nSPS) is 39.2. The second-order valence-electron chi connectivity index (χ2n) is 4.16. The zero-order chi connectivity index (χ0) is 11.2. The predicted octanol–water partition coefficient (Wildman–Crippen LogP) is -1.73. The molecule has 4 atom stereocenters. The van der Waals surface area contributed by atoms with E-state index in [1.165, 1.54) is 4.90 Å². The fraction of sp³-hybridized carbons (Fsp3) is 0.778. The first-order valence-corrected chi connectivity index (χ1v) is 4.88. The van der Waals surface area contributed by atoms with Gasteiger partial charge in [0.25, 0.3) is 0 Å². The van der Waals surface area contributed by atoms with Crippen LogP contribution in [0.5, 0.6) is 0 Å². The Morgan fingerprint density at radius 1 is 1.07 bits per heavy atom. The lowest BCUT2D eigenvalue weighted by atomic mass is 10.3. The van der Waals surface area contributed by atoms with Crippen LogP contribution in [-0.4, -0.2) is 57.4 Å². The van der Waals surface area contributed by atoms with Crippen LogP contribution in [0, 0.1) is 11.8 Å². The van der Waals surface area contributed by atoms with E-state index in [2.05, 4.69) is 0 Å². The van der Waals surface area contributed by atoms with E-state index in [0.717, 1.165) is 0 Å². The summed E-state index contributed by atoms with van der Waals surface area (Å²) in [5, 5.41) is 27.1. The van der Waals surface area contributed by atoms with Crippen LogP contribution in [-0.2, 0) is 9.59 Å². The Morgan fingerprint density at radius 2 is 1.60 bits per heavy atom. The van der Waals surface area contributed by atoms with E-state index in [9.17, 15) is 19.8 Å². The van der Waals surface area contributed by atoms with E-state index in [0.29, 0.717) is 6.42 Å². The molecule has 1 aliphatic carbocycles. The number of carboxylic acid groups (broad SMARTS) is 1. The molecule has 1 amide bonds. The van der Waals surface area contributed by atoms with Gasteiger partial charge >= 0.3 is 5.97 Å². The number of carbonyl (C=O) groups excluding carboxylic acids is 1. The number of amides is 1. The molecule has 1 saturated carbocycles. The van der Waals surface area contributed by atoms with Gasteiger partial charge in [0.05, 0.1) is 24.0 Å². The van der Waals surface area contributed by atoms with Crippen LogP contribution < -0.4 is 0 Å². The minimum Gasteiger partial charge on any atom is -0.481 e. The fourth-order valence-electron chi connectivity index (χ4n) is 1.92. The summed E-state index contributed by atoms with van der Waals surface area (Å²) in [5.41, 5.74) is 0. The van der Waals surface area contributed by atoms with Crippen LogP contribution in [0.3, 0.4) is 0 Å². The van der Waals surface area contributed by atoms with Crippen molar-refractivity contribution in [2.45, 2.75) is 18.6 Å². The maximum atomic E-state index is 11.7. The van der Waals surface area contributed by atoms with Crippen LogP contribution in [0.2, 0.25) is 0 Å². The lowest BCUT2D eigenvalue weighted by Crippen LogP contribution is -2.32. The highest BCUT2D eigenvalue weighted by Gasteiger charge is 2.51. The molecule has 0 spiro atoms. The average molecular weight is 215 g/mol. The molecule has 6 nitrogen and oxygen atoms in total. The van der Waals surface area contributed by atoms with Gasteiger partial charge in [-0.05, 0) is 6.42 Å². The molecule has 2 fully saturated rings. The van der Waals surface area contributed by atoms with Crippen LogP contribution in [0.1, 0.15) is 6.42 Å². The molecule has 0 unspecified atom stereocenters. The zero-order valence-electron chi connectivity index (χ0n) is 8.04. The molecule has 15 heavy (non-hydrogen) atoms. The summed E-state index contributed by atoms with van der Waals surface area (Å²) in [6.07, 6.45) is -1.44. The lowest BCUT2D eigenvalue weighted by molar-refractivity contribution is -0.141. The van der Waals surface area contributed by atoms with Crippen molar-refractivity contribution in [2.24, 2.45) is 11.8 Å². The number of hydrogen-bond acceptors (Lipinski definition) is 4. The number of hydrogen-bond donors (Lipinski definition) is 3. The molecule has 6 heteroatoms. The van der Waals surface area contributed by atoms with Crippen LogP contribution in [0.15, 0.2) is 0 Å². The van der Waals surface area contributed by atoms with Crippen molar-refractivity contribution in [1.82, 2.24) is 4.90 Å². The zero-order valence-corrected chi connectivity index (χ0v) is 8.04. The van der Waals surface area contributed by atoms with Crippen LogP contribution in [0.4, 0.5) is 0 Å². The molecule has 0 bridgehead atoms. The first-order valence-electron chi connectivity index (χ1n) is 4.88. The third-order valence-corrected chi connectivity index (χ3v) is 3.00. The topological polar surface area (TPSA) is 98.1 Å². The van der Waals surface area contributed by atoms with Gasteiger partial charge in [0.15, 0.2) is 0 Å². The van der Waals surface area contributed by atoms with Gasteiger partial charge in [-0.1, -0.05) is 0 Å². The Balaban J connectivity index is 1.91. The molecule has 0 aromatic heterocycles. The molecule has 1 saturated heterocycles. The molecular formula is C9H13NO5. The summed E-state index contributed by atoms with van der Waals surface area (Å²) < 4.78 is 0. The van der Waals surface area contributed by atoms with Gasteiger partial charge in [-0.25, -0.2) is 0 Å². The second-order valence-corrected chi connectivity index (χ2v) is 4.16. The number of nitrogens with zero attached hydrogens (tertiary/aromatic N) is 1. The number of aliphatic carboxylic acids is 1. The van der Waals surface area contributed by atoms with Crippen molar-refractivity contribution >= 4 is 11.9 Å². The Bertz CT molecular complexity index is 295. The van der Waals surface area contributed by atoms with Crippen LogP contribution in [0.25, 0.3) is 0 Å². The summed E-state index contributed by atoms with van der Waals surface area (Å²) >= 11 is 0. The fourth-order valence-corrected chi connectivity index (χ4v) is 1.92. The summed E-state index contributed by atoms with van der Waals surface area (Å²) in [6.45, 7) is 0.200. The first kappa shape index (κ1) is 10.4. The van der Waals surface area contributed by atoms with Gasteiger partial charge in [0.2, 0.25) is 5.91 Å². The largest absolute Gasteiger partial charge is 0.481 e. The SMILES string of the molecule is O=C(O)[C@H]1C[C@H]1C(=O)N1C[C@@H](O)[C@@H](O)C1. The predicted molar refractivity (Wildman–Crippen MR) is 47.8 cm³/mol. The Labute approximate surface area is 86.1 Å². The molecule has 2 aliphatic rings. The summed E-state index contributed by atoms with van der Waals surface area (Å²) in [4.78, 5) is 23.5. The summed E-state index contributed by atoms with van der Waals surface area (Å²) in [7, 11) is 0. The molecule has 0 aromatic rings. The summed E-state index contributed by atoms with van der Waals surface area (Å²) in [5.74, 6) is -2.25. The number of β-amino-alcohol motifs (C(OH)–C–C–N with tert-alkyl or cyclic N) is 2. The van der Waals surface area contributed by atoms with Gasteiger partial charge in [-0.2, -0.15) is 0 Å². The molecule has 2 rings (SSSR count). The minimum absolute atomic E-state index is 0.100. The summed E-state index contributed by atoms with van der Waals surface area (Å²) in [6, 6.07) is 0. The average Bonchev–Trinajstić information content (AvgIpc) is 2.89. The standard InChI is InChI=1S/C9H13NO5/c11-6-2-10(3-7(6)12)8(13)4-1-5(4)9(14)15/h4-7,11-12H,1-3H2,(H,14,15)/t4-,5+,6-,7+/m1/s1. The van der Waals surface area contributed by atoms with Crippen molar-refractivity contribution < 1.29 is 24.9 Å². The molecule has 1 aliphatic heterocycles. The van der Waals surface area contributed by atoms with E-state index in [1.807, 2.05) is 0 Å². The minimum atomic E-state index is -0.950. The van der Waals surface area contributed by atoms with Gasteiger partial charge in [0, 0.05) is 13.1 Å². The maximum absolute atomic E-state index is 11.7. The number of carboxylic acids is 1. The third kappa shape index (κ3) is 1.82. The van der Waals surface area contributed by atoms with E-state index in [4.69, 9.17) is 5.11 Å². The van der Waals surface area contributed by atoms with Gasteiger partial charge in [-0.15, -0.1) is 0 Å². The van der Waals surface area contributed by atoms with Crippen molar-refractivity contribution in [3.8, 4) is 0 Å². The second kappa shape index (κ2) is 3.46. The molecule has 84 valence electrons. The number of aliphatic hydroxyl groups is 2. The van der Waals surface area contributed by atoms with E-state index in [-0.39, 0.29) is 19.0 Å². The lowest BCUT2D eigenvalue weighted by Gasteiger charge is -2.14. The Morgan fingerprint density at radius 3 is 2.00 bits per heavy atom. The Hall–Kier alpha value is -1.14. The molecule has 3 N–H and O–H groups in total. The van der Waals surface area contributed by atoms with Crippen molar-refractivity contribution in [3.05, 3.63) is 0 Å². The van der Waals surface area contributed by atoms with E-state index in [1.54, 1.807) is 0 Å². The molecule has 0 aromatic carbocycles. The third-order valence-electron chi connectivity index (χ3n) is 3.00. The number of likely N-dealkylation sites (tertiary alicyclic amines) is 1. The highest BCUT2D eigenvalue weighted by molar-refractivity contribution is 5.89. The van der Waals surface area contributed by atoms with Crippen molar-refractivity contribution in [1.29, 1.82) is 0 Å². The highest BCUT2D eigenvalue weighted by atomic mass is 16.4. The van der Waals surface area contributed by atoms with Crippen LogP contribution >= 0.6 is 0 Å². The van der Waals surface area contributed by atoms with E-state index >= 15 is 0 Å². The monoisotopic (exact) mass is 215 g/mol. The molecular weight excluding hydrogens is 202 g/mol. The van der Waals surface area contributed by atoms with Crippen molar-refractivity contribution in [3.63, 3.8) is 0 Å². The maximum Gasteiger partial charge on any atom is 0.307 e. The van der Waals surface area contributed by atoms with Gasteiger partial charge in [-0.3, -0.25) is 9.59 Å². The Kier molecular flexibility index (Phi) is 2.40.